The van der Waals surface area contributed by atoms with Crippen LogP contribution in [0.25, 0.3) is 0 Å². The summed E-state index contributed by atoms with van der Waals surface area (Å²) in [5.41, 5.74) is 1.38. The zero-order valence-corrected chi connectivity index (χ0v) is 13.3. The van der Waals surface area contributed by atoms with Crippen LogP contribution < -0.4 is 10.1 Å². The number of hydrogen-bond donors (Lipinski definition) is 1. The van der Waals surface area contributed by atoms with Crippen LogP contribution in [0.2, 0.25) is 0 Å². The van der Waals surface area contributed by atoms with Gasteiger partial charge in [-0.15, -0.1) is 0 Å². The van der Waals surface area contributed by atoms with Crippen molar-refractivity contribution in [1.82, 2.24) is 5.32 Å². The van der Waals surface area contributed by atoms with Crippen LogP contribution in [0, 0.1) is 11.8 Å². The van der Waals surface area contributed by atoms with Crippen LogP contribution in [0.3, 0.4) is 0 Å². The molecule has 2 fully saturated rings. The first-order chi connectivity index (χ1) is 10.4. The van der Waals surface area contributed by atoms with Crippen molar-refractivity contribution in [3.63, 3.8) is 0 Å². The van der Waals surface area contributed by atoms with Gasteiger partial charge >= 0.3 is 0 Å². The van der Waals surface area contributed by atoms with E-state index < -0.39 is 0 Å². The molecule has 21 heavy (non-hydrogen) atoms. The molecule has 2 nitrogen and oxygen atoms in total. The molecule has 0 spiro atoms. The summed E-state index contributed by atoms with van der Waals surface area (Å²) in [7, 11) is 0. The van der Waals surface area contributed by atoms with Gasteiger partial charge in [0.15, 0.2) is 0 Å². The lowest BCUT2D eigenvalue weighted by Gasteiger charge is -2.17. The first kappa shape index (κ1) is 14.9. The van der Waals surface area contributed by atoms with E-state index in [0.29, 0.717) is 0 Å². The highest BCUT2D eigenvalue weighted by Gasteiger charge is 2.40. The maximum Gasteiger partial charge on any atom is 0.119 e. The van der Waals surface area contributed by atoms with Crippen LogP contribution in [0.1, 0.15) is 57.4 Å². The van der Waals surface area contributed by atoms with Gasteiger partial charge in [-0.05, 0) is 61.6 Å². The van der Waals surface area contributed by atoms with E-state index in [1.807, 2.05) is 0 Å². The molecule has 0 aromatic heterocycles. The number of unbranched alkanes of at least 4 members (excludes halogenated alkanes) is 2. The third kappa shape index (κ3) is 4.74. The van der Waals surface area contributed by atoms with Crippen molar-refractivity contribution in [2.75, 3.05) is 6.61 Å². The fourth-order valence-electron chi connectivity index (χ4n) is 3.11. The van der Waals surface area contributed by atoms with Gasteiger partial charge in [-0.3, -0.25) is 0 Å². The number of nitrogens with one attached hydrogen (secondary N) is 1. The molecule has 1 aromatic carbocycles. The first-order valence-corrected chi connectivity index (χ1v) is 8.82. The Hall–Kier alpha value is -1.02. The summed E-state index contributed by atoms with van der Waals surface area (Å²) in [6.07, 6.45) is 9.43. The van der Waals surface area contributed by atoms with E-state index in [-0.39, 0.29) is 0 Å². The van der Waals surface area contributed by atoms with Crippen LogP contribution in [0.4, 0.5) is 0 Å². The maximum absolute atomic E-state index is 5.76. The topological polar surface area (TPSA) is 21.3 Å². The molecule has 0 aliphatic heterocycles. The van der Waals surface area contributed by atoms with Crippen molar-refractivity contribution in [2.45, 2.75) is 64.5 Å². The van der Waals surface area contributed by atoms with Crippen molar-refractivity contribution in [3.8, 4) is 5.75 Å². The molecule has 0 heterocycles. The van der Waals surface area contributed by atoms with E-state index >= 15 is 0 Å². The Labute approximate surface area is 129 Å². The lowest BCUT2D eigenvalue weighted by Crippen LogP contribution is -2.32. The molecule has 2 aliphatic carbocycles. The molecule has 0 saturated heterocycles. The molecule has 2 saturated carbocycles. The molecular weight excluding hydrogens is 258 g/mol. The lowest BCUT2D eigenvalue weighted by molar-refractivity contribution is 0.306. The average Bonchev–Trinajstić information content (AvgIpc) is 3.38. The Morgan fingerprint density at radius 2 is 1.71 bits per heavy atom. The van der Waals surface area contributed by atoms with Crippen molar-refractivity contribution < 1.29 is 4.74 Å². The van der Waals surface area contributed by atoms with E-state index in [2.05, 4.69) is 36.5 Å². The normalized spacial score (nSPS) is 18.2. The van der Waals surface area contributed by atoms with Crippen LogP contribution >= 0.6 is 0 Å². The number of benzene rings is 1. The summed E-state index contributed by atoms with van der Waals surface area (Å²) in [5, 5.41) is 3.80. The highest BCUT2D eigenvalue weighted by molar-refractivity contribution is 5.27. The Kier molecular flexibility index (Phi) is 5.18. The summed E-state index contributed by atoms with van der Waals surface area (Å²) < 4.78 is 5.76. The van der Waals surface area contributed by atoms with E-state index in [4.69, 9.17) is 4.74 Å². The lowest BCUT2D eigenvalue weighted by atomic mass is 10.1. The van der Waals surface area contributed by atoms with Gasteiger partial charge < -0.3 is 10.1 Å². The third-order valence-electron chi connectivity index (χ3n) is 4.74. The molecule has 116 valence electrons. The minimum atomic E-state index is 0.787. The second-order valence-corrected chi connectivity index (χ2v) is 6.78. The molecule has 0 amide bonds. The summed E-state index contributed by atoms with van der Waals surface area (Å²) in [6, 6.07) is 9.44. The van der Waals surface area contributed by atoms with E-state index in [1.165, 1.54) is 44.1 Å². The highest BCUT2D eigenvalue weighted by Crippen LogP contribution is 2.44. The molecule has 1 N–H and O–H groups in total. The second-order valence-electron chi connectivity index (χ2n) is 6.78. The van der Waals surface area contributed by atoms with Crippen LogP contribution in [0.5, 0.6) is 5.75 Å². The van der Waals surface area contributed by atoms with Crippen molar-refractivity contribution in [3.05, 3.63) is 29.8 Å². The standard InChI is InChI=1S/C19H29NO/c1-2-3-4-13-21-18-11-5-15(6-12-18)14-20-19(16-7-8-16)17-9-10-17/h5-6,11-12,16-17,19-20H,2-4,7-10,13-14H2,1H3. The number of ether oxygens (including phenoxy) is 1. The van der Waals surface area contributed by atoms with Gasteiger partial charge in [0, 0.05) is 12.6 Å². The molecule has 1 aromatic rings. The summed E-state index contributed by atoms with van der Waals surface area (Å²) >= 11 is 0. The van der Waals surface area contributed by atoms with Gasteiger partial charge in [-0.25, -0.2) is 0 Å². The zero-order valence-electron chi connectivity index (χ0n) is 13.3. The van der Waals surface area contributed by atoms with Gasteiger partial charge in [-0.1, -0.05) is 31.9 Å². The Balaban J connectivity index is 1.41. The molecule has 3 rings (SSSR count). The van der Waals surface area contributed by atoms with Crippen LogP contribution in [0.15, 0.2) is 24.3 Å². The number of rotatable bonds is 10. The molecular formula is C19H29NO. The molecule has 0 atom stereocenters. The van der Waals surface area contributed by atoms with E-state index in [1.54, 1.807) is 0 Å². The van der Waals surface area contributed by atoms with Crippen molar-refractivity contribution in [1.29, 1.82) is 0 Å². The minimum Gasteiger partial charge on any atom is -0.494 e. The Morgan fingerprint density at radius 1 is 1.05 bits per heavy atom. The number of hydrogen-bond acceptors (Lipinski definition) is 2. The monoisotopic (exact) mass is 287 g/mol. The molecule has 0 bridgehead atoms. The highest BCUT2D eigenvalue weighted by atomic mass is 16.5. The summed E-state index contributed by atoms with van der Waals surface area (Å²) in [4.78, 5) is 0. The summed E-state index contributed by atoms with van der Waals surface area (Å²) in [5.74, 6) is 2.95. The summed E-state index contributed by atoms with van der Waals surface area (Å²) in [6.45, 7) is 4.07. The van der Waals surface area contributed by atoms with Gasteiger partial charge in [0.05, 0.1) is 6.61 Å². The predicted octanol–water partition coefficient (Wildman–Crippen LogP) is 4.53. The largest absolute Gasteiger partial charge is 0.494 e. The van der Waals surface area contributed by atoms with Gasteiger partial charge in [0.2, 0.25) is 0 Å². The van der Waals surface area contributed by atoms with Crippen molar-refractivity contribution in [2.24, 2.45) is 11.8 Å². The Bertz CT molecular complexity index is 408. The third-order valence-corrected chi connectivity index (χ3v) is 4.74. The maximum atomic E-state index is 5.76. The molecule has 2 aliphatic rings. The van der Waals surface area contributed by atoms with Crippen LogP contribution in [-0.4, -0.2) is 12.6 Å². The zero-order chi connectivity index (χ0) is 14.5. The second kappa shape index (κ2) is 7.31. The predicted molar refractivity (Wildman–Crippen MR) is 87.5 cm³/mol. The average molecular weight is 287 g/mol. The molecule has 2 heteroatoms. The van der Waals surface area contributed by atoms with Gasteiger partial charge in [0.1, 0.15) is 5.75 Å². The Morgan fingerprint density at radius 3 is 2.29 bits per heavy atom. The first-order valence-electron chi connectivity index (χ1n) is 8.82. The van der Waals surface area contributed by atoms with Gasteiger partial charge in [-0.2, -0.15) is 0 Å². The smallest absolute Gasteiger partial charge is 0.119 e. The molecule has 0 radical (unpaired) electrons. The fraction of sp³-hybridized carbons (Fsp3) is 0.684. The van der Waals surface area contributed by atoms with E-state index in [9.17, 15) is 0 Å². The fourth-order valence-corrected chi connectivity index (χ4v) is 3.11. The SMILES string of the molecule is CCCCCOc1ccc(CNC(C2CC2)C2CC2)cc1. The van der Waals surface area contributed by atoms with Gasteiger partial charge in [0.25, 0.3) is 0 Å². The molecule has 0 unspecified atom stereocenters. The van der Waals surface area contributed by atoms with E-state index in [0.717, 1.165) is 43.2 Å². The minimum absolute atomic E-state index is 0.787. The van der Waals surface area contributed by atoms with Crippen molar-refractivity contribution >= 4 is 0 Å². The van der Waals surface area contributed by atoms with Crippen LogP contribution in [-0.2, 0) is 6.54 Å². The quantitative estimate of drug-likeness (QED) is 0.638.